The van der Waals surface area contributed by atoms with Crippen LogP contribution >= 0.6 is 15.9 Å². The van der Waals surface area contributed by atoms with Crippen molar-refractivity contribution in [2.75, 3.05) is 11.4 Å². The van der Waals surface area contributed by atoms with Crippen molar-refractivity contribution < 1.29 is 9.59 Å². The number of rotatable bonds is 2. The smallest absolute Gasteiger partial charge is 0.253 e. The van der Waals surface area contributed by atoms with Gasteiger partial charge in [-0.3, -0.25) is 9.59 Å². The van der Waals surface area contributed by atoms with Gasteiger partial charge in [0.25, 0.3) is 5.91 Å². The summed E-state index contributed by atoms with van der Waals surface area (Å²) in [5, 5.41) is 2.88. The first-order chi connectivity index (χ1) is 9.00. The molecule has 2 amide bonds. The topological polar surface area (TPSA) is 49.4 Å². The maximum atomic E-state index is 12.7. The normalized spacial score (nSPS) is 27.4. The summed E-state index contributed by atoms with van der Waals surface area (Å²) in [5.41, 5.74) is 0.0394. The fourth-order valence-corrected chi connectivity index (χ4v) is 2.91. The molecule has 1 aliphatic heterocycles. The predicted octanol–water partition coefficient (Wildman–Crippen LogP) is 2.08. The third kappa shape index (κ3) is 2.16. The largest absolute Gasteiger partial charge is 0.340 e. The van der Waals surface area contributed by atoms with E-state index in [1.54, 1.807) is 4.90 Å². The van der Waals surface area contributed by atoms with Crippen LogP contribution in [0.5, 0.6) is 0 Å². The van der Waals surface area contributed by atoms with E-state index in [1.807, 2.05) is 31.2 Å². The van der Waals surface area contributed by atoms with E-state index in [4.69, 9.17) is 0 Å². The molecule has 0 spiro atoms. The third-order valence-corrected chi connectivity index (χ3v) is 4.45. The lowest BCUT2D eigenvalue weighted by atomic mass is 9.91. The zero-order valence-corrected chi connectivity index (χ0v) is 12.2. The maximum Gasteiger partial charge on any atom is 0.253 e. The Balaban J connectivity index is 1.94. The molecule has 0 radical (unpaired) electrons. The number of benzene rings is 1. The van der Waals surface area contributed by atoms with Crippen molar-refractivity contribution in [3.05, 3.63) is 28.7 Å². The van der Waals surface area contributed by atoms with Crippen molar-refractivity contribution in [2.45, 2.75) is 25.3 Å². The van der Waals surface area contributed by atoms with Crippen LogP contribution in [0.4, 0.5) is 5.69 Å². The van der Waals surface area contributed by atoms with Crippen LogP contribution in [0.25, 0.3) is 0 Å². The Morgan fingerprint density at radius 1 is 1.26 bits per heavy atom. The number of hydrogen-bond acceptors (Lipinski definition) is 2. The number of hydrogen-bond donors (Lipinski definition) is 1. The van der Waals surface area contributed by atoms with Crippen molar-refractivity contribution >= 4 is 33.4 Å². The van der Waals surface area contributed by atoms with Gasteiger partial charge in [-0.05, 0) is 49.9 Å². The highest BCUT2D eigenvalue weighted by molar-refractivity contribution is 9.10. The van der Waals surface area contributed by atoms with Crippen LogP contribution in [-0.4, -0.2) is 23.9 Å². The molecule has 1 aromatic carbocycles. The van der Waals surface area contributed by atoms with E-state index in [2.05, 4.69) is 21.2 Å². The second-order valence-electron chi connectivity index (χ2n) is 5.39. The molecule has 5 heteroatoms. The molecule has 1 unspecified atom stereocenters. The van der Waals surface area contributed by atoms with Gasteiger partial charge in [0.1, 0.15) is 12.1 Å². The molecule has 1 heterocycles. The minimum absolute atomic E-state index is 0.00285. The second-order valence-corrected chi connectivity index (χ2v) is 6.31. The van der Waals surface area contributed by atoms with Crippen molar-refractivity contribution in [2.24, 2.45) is 5.92 Å². The summed E-state index contributed by atoms with van der Waals surface area (Å²) in [4.78, 5) is 26.1. The van der Waals surface area contributed by atoms with Gasteiger partial charge in [-0.2, -0.15) is 0 Å². The molecule has 1 aromatic rings. The Bertz CT molecular complexity index is 539. The van der Waals surface area contributed by atoms with Gasteiger partial charge >= 0.3 is 0 Å². The Hall–Kier alpha value is -1.36. The van der Waals surface area contributed by atoms with E-state index in [0.717, 1.165) is 23.0 Å². The summed E-state index contributed by atoms with van der Waals surface area (Å²) in [6.45, 7) is 1.94. The van der Waals surface area contributed by atoms with Gasteiger partial charge in [0.05, 0.1) is 0 Å². The summed E-state index contributed by atoms with van der Waals surface area (Å²) in [7, 11) is 0. The minimum atomic E-state index is -0.734. The van der Waals surface area contributed by atoms with Gasteiger partial charge in [0, 0.05) is 10.2 Å². The first-order valence-electron chi connectivity index (χ1n) is 6.39. The van der Waals surface area contributed by atoms with Gasteiger partial charge in [-0.15, -0.1) is 0 Å². The van der Waals surface area contributed by atoms with Gasteiger partial charge in [0.2, 0.25) is 5.91 Å². The molecule has 2 aliphatic rings. The number of nitrogens with zero attached hydrogens (tertiary/aromatic N) is 1. The lowest BCUT2D eigenvalue weighted by Gasteiger charge is -2.40. The molecule has 0 aromatic heterocycles. The average molecular weight is 323 g/mol. The Morgan fingerprint density at radius 2 is 1.89 bits per heavy atom. The highest BCUT2D eigenvalue weighted by Crippen LogP contribution is 2.42. The quantitative estimate of drug-likeness (QED) is 0.906. The Morgan fingerprint density at radius 3 is 2.47 bits per heavy atom. The standard InChI is InChI=1S/C14H15BrN2O2/c1-14(9-2-3-9)13(19)17(8-12(18)16-14)11-6-4-10(15)5-7-11/h4-7,9H,2-3,8H2,1H3,(H,16,18). The van der Waals surface area contributed by atoms with Gasteiger partial charge in [-0.1, -0.05) is 15.9 Å². The fraction of sp³-hybridized carbons (Fsp3) is 0.429. The molecule has 1 aliphatic carbocycles. The number of piperazine rings is 1. The summed E-state index contributed by atoms with van der Waals surface area (Å²) in [5.74, 6) is 0.191. The SMILES string of the molecule is CC1(C2CC2)NC(=O)CN(c2ccc(Br)cc2)C1=O. The highest BCUT2D eigenvalue weighted by Gasteiger charge is 2.52. The number of halogens is 1. The van der Waals surface area contributed by atoms with Gasteiger partial charge in [0.15, 0.2) is 0 Å². The van der Waals surface area contributed by atoms with E-state index in [0.29, 0.717) is 0 Å². The summed E-state index contributed by atoms with van der Waals surface area (Å²) in [6, 6.07) is 7.47. The van der Waals surface area contributed by atoms with E-state index in [1.165, 1.54) is 0 Å². The molecular formula is C14H15BrN2O2. The van der Waals surface area contributed by atoms with E-state index in [-0.39, 0.29) is 24.3 Å². The average Bonchev–Trinajstić information content (AvgIpc) is 3.19. The van der Waals surface area contributed by atoms with Crippen LogP contribution in [0.15, 0.2) is 28.7 Å². The molecule has 4 nitrogen and oxygen atoms in total. The summed E-state index contributed by atoms with van der Waals surface area (Å²) in [6.07, 6.45) is 2.02. The van der Waals surface area contributed by atoms with Crippen LogP contribution in [0.1, 0.15) is 19.8 Å². The fourth-order valence-electron chi connectivity index (χ4n) is 2.65. The predicted molar refractivity (Wildman–Crippen MR) is 75.8 cm³/mol. The zero-order chi connectivity index (χ0) is 13.6. The molecule has 0 bridgehead atoms. The second kappa shape index (κ2) is 4.34. The number of nitrogens with one attached hydrogen (secondary N) is 1. The van der Waals surface area contributed by atoms with E-state index < -0.39 is 5.54 Å². The number of amides is 2. The van der Waals surface area contributed by atoms with Crippen molar-refractivity contribution in [3.63, 3.8) is 0 Å². The van der Waals surface area contributed by atoms with E-state index >= 15 is 0 Å². The molecule has 1 saturated carbocycles. The third-order valence-electron chi connectivity index (χ3n) is 3.92. The number of carbonyl (C=O) groups is 2. The maximum absolute atomic E-state index is 12.7. The molecule has 2 fully saturated rings. The first-order valence-corrected chi connectivity index (χ1v) is 7.18. The van der Waals surface area contributed by atoms with Crippen LogP contribution in [0.2, 0.25) is 0 Å². The minimum Gasteiger partial charge on any atom is -0.340 e. The summed E-state index contributed by atoms with van der Waals surface area (Å²) < 4.78 is 0.954. The Labute approximate surface area is 120 Å². The van der Waals surface area contributed by atoms with Crippen molar-refractivity contribution in [1.29, 1.82) is 0 Å². The van der Waals surface area contributed by atoms with E-state index in [9.17, 15) is 9.59 Å². The molecule has 1 N–H and O–H groups in total. The monoisotopic (exact) mass is 322 g/mol. The van der Waals surface area contributed by atoms with Gasteiger partial charge < -0.3 is 10.2 Å². The molecule has 100 valence electrons. The molecular weight excluding hydrogens is 308 g/mol. The van der Waals surface area contributed by atoms with Crippen LogP contribution in [-0.2, 0) is 9.59 Å². The van der Waals surface area contributed by atoms with Crippen LogP contribution in [0, 0.1) is 5.92 Å². The number of carbonyl (C=O) groups excluding carboxylic acids is 2. The lowest BCUT2D eigenvalue weighted by Crippen LogP contribution is -2.66. The molecule has 1 saturated heterocycles. The number of anilines is 1. The van der Waals surface area contributed by atoms with Crippen molar-refractivity contribution in [1.82, 2.24) is 5.32 Å². The first kappa shape index (κ1) is 12.7. The molecule has 3 rings (SSSR count). The highest BCUT2D eigenvalue weighted by atomic mass is 79.9. The molecule has 1 atom stereocenters. The van der Waals surface area contributed by atoms with Gasteiger partial charge in [-0.25, -0.2) is 0 Å². The van der Waals surface area contributed by atoms with Crippen LogP contribution in [0.3, 0.4) is 0 Å². The van der Waals surface area contributed by atoms with Crippen LogP contribution < -0.4 is 10.2 Å². The lowest BCUT2D eigenvalue weighted by molar-refractivity contribution is -0.136. The zero-order valence-electron chi connectivity index (χ0n) is 10.6. The summed E-state index contributed by atoms with van der Waals surface area (Å²) >= 11 is 3.37. The molecule has 19 heavy (non-hydrogen) atoms. The van der Waals surface area contributed by atoms with Crippen molar-refractivity contribution in [3.8, 4) is 0 Å². The Kier molecular flexibility index (Phi) is 2.89.